The summed E-state index contributed by atoms with van der Waals surface area (Å²) in [6.07, 6.45) is 1.80. The second-order valence-electron chi connectivity index (χ2n) is 4.29. The van der Waals surface area contributed by atoms with E-state index in [9.17, 15) is 9.90 Å². The first-order valence-corrected chi connectivity index (χ1v) is 6.50. The van der Waals surface area contributed by atoms with E-state index in [2.05, 4.69) is 24.0 Å². The van der Waals surface area contributed by atoms with Crippen LogP contribution in [0.4, 0.5) is 0 Å². The molecule has 0 radical (unpaired) electrons. The molecule has 0 aromatic carbocycles. The Morgan fingerprint density at radius 3 is 2.67 bits per heavy atom. The average molecular weight is 255 g/mol. The highest BCUT2D eigenvalue weighted by molar-refractivity contribution is 5.64. The summed E-state index contributed by atoms with van der Waals surface area (Å²) in [6.45, 7) is 7.48. The van der Waals surface area contributed by atoms with Crippen molar-refractivity contribution < 1.29 is 19.3 Å². The van der Waals surface area contributed by atoms with E-state index in [0.29, 0.717) is 24.6 Å². The highest BCUT2D eigenvalue weighted by Crippen LogP contribution is 2.02. The molecule has 102 valence electrons. The van der Waals surface area contributed by atoms with Gasteiger partial charge in [-0.3, -0.25) is 0 Å². The third kappa shape index (κ3) is 5.27. The molecule has 0 aliphatic rings. The summed E-state index contributed by atoms with van der Waals surface area (Å²) < 4.78 is 5.06. The number of nitrogens with one attached hydrogen (secondary N) is 1. The molecular weight excluding hydrogens is 234 g/mol. The maximum Gasteiger partial charge on any atom is 0.226 e. The first kappa shape index (κ1) is 14.6. The quantitative estimate of drug-likeness (QED) is 0.587. The summed E-state index contributed by atoms with van der Waals surface area (Å²) in [7, 11) is 0. The van der Waals surface area contributed by atoms with E-state index in [0.717, 1.165) is 26.1 Å². The van der Waals surface area contributed by atoms with Crippen LogP contribution in [0.15, 0.2) is 4.52 Å². The largest absolute Gasteiger partial charge is 0.550 e. The van der Waals surface area contributed by atoms with Gasteiger partial charge in [-0.15, -0.1) is 0 Å². The smallest absolute Gasteiger partial charge is 0.226 e. The van der Waals surface area contributed by atoms with Gasteiger partial charge in [-0.2, -0.15) is 4.98 Å². The number of carboxylic acid groups (broad SMARTS) is 1. The van der Waals surface area contributed by atoms with E-state index >= 15 is 0 Å². The van der Waals surface area contributed by atoms with Crippen LogP contribution in [-0.2, 0) is 17.6 Å². The number of hydrogen-bond donors (Lipinski definition) is 1. The lowest BCUT2D eigenvalue weighted by Gasteiger charge is -2.13. The van der Waals surface area contributed by atoms with Gasteiger partial charge >= 0.3 is 0 Å². The third-order valence-electron chi connectivity index (χ3n) is 2.98. The standard InChI is InChI=1S/C12H21N3O3/c1-3-15(4-2)9-8-10-13-11(18-14-10)6-5-7-12(16)17/h3-9H2,1-2H3,(H,16,17). The molecule has 0 atom stereocenters. The van der Waals surface area contributed by atoms with Crippen molar-refractivity contribution in [1.29, 1.82) is 0 Å². The van der Waals surface area contributed by atoms with Gasteiger partial charge in [0.25, 0.3) is 0 Å². The number of nitrogens with zero attached hydrogens (tertiary/aromatic N) is 2. The van der Waals surface area contributed by atoms with Crippen LogP contribution in [0.5, 0.6) is 0 Å². The number of aliphatic carboxylic acids is 1. The van der Waals surface area contributed by atoms with Gasteiger partial charge < -0.3 is 19.3 Å². The molecule has 1 heterocycles. The maximum atomic E-state index is 10.3. The number of likely N-dealkylation sites (N-methyl/N-ethyl adjacent to an activating group) is 1. The number of quaternary nitrogens is 1. The summed E-state index contributed by atoms with van der Waals surface area (Å²) in [5, 5.41) is 14.1. The van der Waals surface area contributed by atoms with Crippen LogP contribution in [0.2, 0.25) is 0 Å². The molecule has 1 aromatic heterocycles. The minimum atomic E-state index is -1.04. The second-order valence-corrected chi connectivity index (χ2v) is 4.29. The van der Waals surface area contributed by atoms with Gasteiger partial charge in [-0.25, -0.2) is 0 Å². The minimum absolute atomic E-state index is 0.0291. The Morgan fingerprint density at radius 1 is 1.33 bits per heavy atom. The van der Waals surface area contributed by atoms with Gasteiger partial charge in [0.05, 0.1) is 26.1 Å². The predicted octanol–water partition coefficient (Wildman–Crippen LogP) is -1.39. The number of carbonyl (C=O) groups excluding carboxylic acids is 1. The van der Waals surface area contributed by atoms with Gasteiger partial charge in [0.1, 0.15) is 0 Å². The van der Waals surface area contributed by atoms with E-state index in [1.54, 1.807) is 0 Å². The van der Waals surface area contributed by atoms with Crippen molar-refractivity contribution in [2.45, 2.75) is 39.5 Å². The lowest BCUT2D eigenvalue weighted by atomic mass is 10.2. The molecular formula is C12H21N3O3. The van der Waals surface area contributed by atoms with Crippen LogP contribution in [0.3, 0.4) is 0 Å². The SMILES string of the molecule is CC[NH+](CC)CCc1noc(CCCC(=O)[O-])n1. The molecule has 0 unspecified atom stereocenters. The van der Waals surface area contributed by atoms with Crippen molar-refractivity contribution in [2.75, 3.05) is 19.6 Å². The van der Waals surface area contributed by atoms with Crippen LogP contribution >= 0.6 is 0 Å². The molecule has 1 aromatic rings. The van der Waals surface area contributed by atoms with Gasteiger partial charge in [0.15, 0.2) is 5.82 Å². The second kappa shape index (κ2) is 7.81. The summed E-state index contributed by atoms with van der Waals surface area (Å²) in [5.74, 6) is 0.179. The Kier molecular flexibility index (Phi) is 6.35. The summed E-state index contributed by atoms with van der Waals surface area (Å²) >= 11 is 0. The number of aromatic nitrogens is 2. The fourth-order valence-corrected chi connectivity index (χ4v) is 1.77. The van der Waals surface area contributed by atoms with Crippen molar-refractivity contribution >= 4 is 5.97 Å². The van der Waals surface area contributed by atoms with E-state index < -0.39 is 5.97 Å². The molecule has 0 amide bonds. The Bertz CT molecular complexity index is 361. The first-order valence-electron chi connectivity index (χ1n) is 6.50. The monoisotopic (exact) mass is 255 g/mol. The average Bonchev–Trinajstić information content (AvgIpc) is 2.78. The van der Waals surface area contributed by atoms with Crippen LogP contribution in [0.1, 0.15) is 38.4 Å². The Hall–Kier alpha value is -1.43. The Balaban J connectivity index is 2.31. The van der Waals surface area contributed by atoms with Crippen LogP contribution in [0.25, 0.3) is 0 Å². The molecule has 0 saturated heterocycles. The van der Waals surface area contributed by atoms with Gasteiger partial charge in [0, 0.05) is 12.4 Å². The predicted molar refractivity (Wildman–Crippen MR) is 62.9 cm³/mol. The van der Waals surface area contributed by atoms with Crippen LogP contribution in [-0.4, -0.2) is 35.7 Å². The Morgan fingerprint density at radius 2 is 2.06 bits per heavy atom. The summed E-state index contributed by atoms with van der Waals surface area (Å²) in [4.78, 5) is 16.0. The molecule has 0 aliphatic carbocycles. The molecule has 18 heavy (non-hydrogen) atoms. The first-order chi connectivity index (χ1) is 8.65. The molecule has 6 nitrogen and oxygen atoms in total. The van der Waals surface area contributed by atoms with Crippen LogP contribution in [0, 0.1) is 0 Å². The minimum Gasteiger partial charge on any atom is -0.550 e. The van der Waals surface area contributed by atoms with Crippen molar-refractivity contribution in [3.63, 3.8) is 0 Å². The zero-order valence-electron chi connectivity index (χ0n) is 11.1. The fourth-order valence-electron chi connectivity index (χ4n) is 1.77. The van der Waals surface area contributed by atoms with Gasteiger partial charge in [-0.1, -0.05) is 5.16 Å². The maximum absolute atomic E-state index is 10.3. The van der Waals surface area contributed by atoms with Gasteiger partial charge in [-0.05, 0) is 26.7 Å². The molecule has 0 aliphatic heterocycles. The Labute approximate surface area is 107 Å². The number of aryl methyl sites for hydroxylation is 1. The molecule has 0 bridgehead atoms. The number of hydrogen-bond acceptors (Lipinski definition) is 5. The van der Waals surface area contributed by atoms with Crippen LogP contribution < -0.4 is 10.0 Å². The molecule has 1 rings (SSSR count). The fraction of sp³-hybridized carbons (Fsp3) is 0.750. The summed E-state index contributed by atoms with van der Waals surface area (Å²) in [6, 6.07) is 0. The summed E-state index contributed by atoms with van der Waals surface area (Å²) in [5.41, 5.74) is 0. The van der Waals surface area contributed by atoms with Crippen molar-refractivity contribution in [3.05, 3.63) is 11.7 Å². The van der Waals surface area contributed by atoms with E-state index in [1.807, 2.05) is 0 Å². The van der Waals surface area contributed by atoms with Crippen molar-refractivity contribution in [1.82, 2.24) is 10.1 Å². The number of rotatable bonds is 9. The molecule has 0 fully saturated rings. The molecule has 0 spiro atoms. The van der Waals surface area contributed by atoms with Crippen molar-refractivity contribution in [2.24, 2.45) is 0 Å². The number of carbonyl (C=O) groups is 1. The van der Waals surface area contributed by atoms with E-state index in [-0.39, 0.29) is 6.42 Å². The zero-order valence-corrected chi connectivity index (χ0v) is 11.1. The van der Waals surface area contributed by atoms with Gasteiger partial charge in [0.2, 0.25) is 5.89 Å². The lowest BCUT2D eigenvalue weighted by Crippen LogP contribution is -3.11. The third-order valence-corrected chi connectivity index (χ3v) is 2.98. The highest BCUT2D eigenvalue weighted by atomic mass is 16.5. The van der Waals surface area contributed by atoms with E-state index in [4.69, 9.17) is 4.52 Å². The number of carboxylic acids is 1. The lowest BCUT2D eigenvalue weighted by molar-refractivity contribution is -0.896. The van der Waals surface area contributed by atoms with E-state index in [1.165, 1.54) is 4.90 Å². The topological polar surface area (TPSA) is 83.5 Å². The molecule has 6 heteroatoms. The zero-order chi connectivity index (χ0) is 13.4. The molecule has 1 N–H and O–H groups in total. The van der Waals surface area contributed by atoms with Crippen molar-refractivity contribution in [3.8, 4) is 0 Å². The molecule has 0 saturated carbocycles. The normalized spacial score (nSPS) is 11.1. The highest BCUT2D eigenvalue weighted by Gasteiger charge is 2.09.